The quantitative estimate of drug-likeness (QED) is 0.621. The molecule has 1 fully saturated rings. The van der Waals surface area contributed by atoms with Gasteiger partial charge in [-0.1, -0.05) is 0 Å². The van der Waals surface area contributed by atoms with Crippen LogP contribution in [0.3, 0.4) is 0 Å². The number of methoxy groups -OCH3 is 2. The molecule has 0 aromatic rings. The van der Waals surface area contributed by atoms with E-state index in [-0.39, 0.29) is 5.97 Å². The third kappa shape index (κ3) is 4.18. The fourth-order valence-electron chi connectivity index (χ4n) is 2.06. The lowest BCUT2D eigenvalue weighted by atomic mass is 10.1. The maximum atomic E-state index is 11.1. The minimum absolute atomic E-state index is 0.129. The van der Waals surface area contributed by atoms with Crippen LogP contribution in [-0.2, 0) is 14.3 Å². The van der Waals surface area contributed by atoms with Gasteiger partial charge in [-0.3, -0.25) is 9.69 Å². The second-order valence-electron chi connectivity index (χ2n) is 3.97. The van der Waals surface area contributed by atoms with Gasteiger partial charge in [0.05, 0.1) is 13.7 Å². The summed E-state index contributed by atoms with van der Waals surface area (Å²) in [5, 5.41) is 0. The zero-order valence-electron chi connectivity index (χ0n) is 9.70. The summed E-state index contributed by atoms with van der Waals surface area (Å²) in [7, 11) is 3.14. The average Bonchev–Trinajstić information content (AvgIpc) is 2.76. The van der Waals surface area contributed by atoms with E-state index in [4.69, 9.17) is 4.74 Å². The summed E-state index contributed by atoms with van der Waals surface area (Å²) in [4.78, 5) is 13.5. The monoisotopic (exact) mass is 215 g/mol. The van der Waals surface area contributed by atoms with E-state index in [0.29, 0.717) is 19.1 Å². The van der Waals surface area contributed by atoms with Crippen LogP contribution in [0.25, 0.3) is 0 Å². The fraction of sp³-hybridized carbons (Fsp3) is 0.909. The van der Waals surface area contributed by atoms with Crippen LogP contribution >= 0.6 is 0 Å². The summed E-state index contributed by atoms with van der Waals surface area (Å²) in [6, 6.07) is 0.372. The van der Waals surface area contributed by atoms with Crippen molar-refractivity contribution in [3.8, 4) is 0 Å². The minimum atomic E-state index is -0.129. The molecule has 4 nitrogen and oxygen atoms in total. The molecule has 0 aromatic carbocycles. The molecular formula is C11H21NO3. The molecule has 0 aliphatic carbocycles. The zero-order chi connectivity index (χ0) is 11.1. The van der Waals surface area contributed by atoms with Gasteiger partial charge < -0.3 is 9.47 Å². The van der Waals surface area contributed by atoms with Crippen LogP contribution in [0.5, 0.6) is 0 Å². The van der Waals surface area contributed by atoms with Crippen molar-refractivity contribution in [1.82, 2.24) is 4.90 Å². The van der Waals surface area contributed by atoms with Gasteiger partial charge >= 0.3 is 5.97 Å². The van der Waals surface area contributed by atoms with Gasteiger partial charge in [-0.05, 0) is 32.4 Å². The number of hydrogen-bond donors (Lipinski definition) is 0. The molecule has 1 aliphatic heterocycles. The SMILES string of the molecule is COC[C@H](CCC(=O)OC)N1CCCC1. The molecular weight excluding hydrogens is 194 g/mol. The molecule has 1 aliphatic rings. The number of rotatable bonds is 6. The first-order chi connectivity index (χ1) is 7.27. The number of carbonyl (C=O) groups is 1. The fourth-order valence-corrected chi connectivity index (χ4v) is 2.06. The molecule has 88 valence electrons. The molecule has 0 saturated carbocycles. The van der Waals surface area contributed by atoms with Gasteiger partial charge in [0, 0.05) is 19.6 Å². The van der Waals surface area contributed by atoms with Crippen LogP contribution in [0.2, 0.25) is 0 Å². The Morgan fingerprint density at radius 2 is 2.00 bits per heavy atom. The van der Waals surface area contributed by atoms with Crippen LogP contribution in [0.4, 0.5) is 0 Å². The summed E-state index contributed by atoms with van der Waals surface area (Å²) < 4.78 is 9.83. The van der Waals surface area contributed by atoms with Crippen molar-refractivity contribution in [2.75, 3.05) is 33.9 Å². The lowest BCUT2D eigenvalue weighted by Gasteiger charge is -2.26. The van der Waals surface area contributed by atoms with Gasteiger partial charge in [0.2, 0.25) is 0 Å². The molecule has 1 rings (SSSR count). The maximum Gasteiger partial charge on any atom is 0.305 e. The molecule has 0 N–H and O–H groups in total. The topological polar surface area (TPSA) is 38.8 Å². The van der Waals surface area contributed by atoms with Gasteiger partial charge in [0.1, 0.15) is 0 Å². The molecule has 1 atom stereocenters. The average molecular weight is 215 g/mol. The van der Waals surface area contributed by atoms with Crippen LogP contribution in [0, 0.1) is 0 Å². The van der Waals surface area contributed by atoms with E-state index in [0.717, 1.165) is 19.5 Å². The largest absolute Gasteiger partial charge is 0.469 e. The Labute approximate surface area is 91.5 Å². The van der Waals surface area contributed by atoms with E-state index < -0.39 is 0 Å². The molecule has 1 saturated heterocycles. The normalized spacial score (nSPS) is 19.1. The van der Waals surface area contributed by atoms with E-state index in [1.807, 2.05) is 0 Å². The summed E-state index contributed by atoms with van der Waals surface area (Å²) >= 11 is 0. The van der Waals surface area contributed by atoms with Crippen molar-refractivity contribution in [2.24, 2.45) is 0 Å². The lowest BCUT2D eigenvalue weighted by Crippen LogP contribution is -2.36. The molecule has 4 heteroatoms. The van der Waals surface area contributed by atoms with Crippen LogP contribution in [0.15, 0.2) is 0 Å². The van der Waals surface area contributed by atoms with Crippen LogP contribution < -0.4 is 0 Å². The molecule has 1 heterocycles. The lowest BCUT2D eigenvalue weighted by molar-refractivity contribution is -0.141. The van der Waals surface area contributed by atoms with E-state index in [2.05, 4.69) is 9.64 Å². The Morgan fingerprint density at radius 3 is 2.53 bits per heavy atom. The summed E-state index contributed by atoms with van der Waals surface area (Å²) in [5.41, 5.74) is 0. The Kier molecular flexibility index (Phi) is 5.65. The van der Waals surface area contributed by atoms with Crippen LogP contribution in [0.1, 0.15) is 25.7 Å². The number of hydrogen-bond acceptors (Lipinski definition) is 4. The highest BCUT2D eigenvalue weighted by Gasteiger charge is 2.22. The third-order valence-electron chi connectivity index (χ3n) is 2.93. The second kappa shape index (κ2) is 6.80. The van der Waals surface area contributed by atoms with Crippen molar-refractivity contribution in [3.63, 3.8) is 0 Å². The van der Waals surface area contributed by atoms with Crippen LogP contribution in [-0.4, -0.2) is 50.8 Å². The summed E-state index contributed by atoms with van der Waals surface area (Å²) in [5.74, 6) is -0.129. The van der Waals surface area contributed by atoms with Crippen molar-refractivity contribution in [1.29, 1.82) is 0 Å². The molecule has 0 bridgehead atoms. The number of carbonyl (C=O) groups excluding carboxylic acids is 1. The van der Waals surface area contributed by atoms with Gasteiger partial charge in [-0.2, -0.15) is 0 Å². The smallest absolute Gasteiger partial charge is 0.305 e. The molecule has 0 radical (unpaired) electrons. The highest BCUT2D eigenvalue weighted by atomic mass is 16.5. The molecule has 0 unspecified atom stereocenters. The number of likely N-dealkylation sites (tertiary alicyclic amines) is 1. The Hall–Kier alpha value is -0.610. The Morgan fingerprint density at radius 1 is 1.33 bits per heavy atom. The van der Waals surface area contributed by atoms with Gasteiger partial charge in [-0.25, -0.2) is 0 Å². The van der Waals surface area contributed by atoms with Crippen molar-refractivity contribution in [2.45, 2.75) is 31.7 Å². The van der Waals surface area contributed by atoms with Crippen molar-refractivity contribution in [3.05, 3.63) is 0 Å². The van der Waals surface area contributed by atoms with Gasteiger partial charge in [0.15, 0.2) is 0 Å². The predicted molar refractivity (Wildman–Crippen MR) is 57.7 cm³/mol. The molecule has 0 aromatic heterocycles. The first-order valence-electron chi connectivity index (χ1n) is 5.57. The third-order valence-corrected chi connectivity index (χ3v) is 2.93. The zero-order valence-corrected chi connectivity index (χ0v) is 9.70. The first kappa shape index (κ1) is 12.5. The van der Waals surface area contributed by atoms with Gasteiger partial charge in [0.25, 0.3) is 0 Å². The minimum Gasteiger partial charge on any atom is -0.469 e. The van der Waals surface area contributed by atoms with Crippen molar-refractivity contribution < 1.29 is 14.3 Å². The maximum absolute atomic E-state index is 11.1. The standard InChI is InChI=1S/C11H21NO3/c1-14-9-10(5-6-11(13)15-2)12-7-3-4-8-12/h10H,3-9H2,1-2H3/t10-/m0/s1. The first-order valence-corrected chi connectivity index (χ1v) is 5.57. The highest BCUT2D eigenvalue weighted by molar-refractivity contribution is 5.69. The number of ether oxygens (including phenoxy) is 2. The predicted octanol–water partition coefficient (Wildman–Crippen LogP) is 1.05. The molecule has 0 amide bonds. The number of nitrogens with zero attached hydrogens (tertiary/aromatic N) is 1. The van der Waals surface area contributed by atoms with Crippen molar-refractivity contribution >= 4 is 5.97 Å². The van der Waals surface area contributed by atoms with E-state index in [9.17, 15) is 4.79 Å². The molecule has 15 heavy (non-hydrogen) atoms. The summed E-state index contributed by atoms with van der Waals surface area (Å²) in [6.07, 6.45) is 3.85. The Balaban J connectivity index is 2.32. The van der Waals surface area contributed by atoms with E-state index in [1.54, 1.807) is 7.11 Å². The molecule has 0 spiro atoms. The van der Waals surface area contributed by atoms with E-state index in [1.165, 1.54) is 20.0 Å². The highest BCUT2D eigenvalue weighted by Crippen LogP contribution is 2.15. The van der Waals surface area contributed by atoms with Gasteiger partial charge in [-0.15, -0.1) is 0 Å². The second-order valence-corrected chi connectivity index (χ2v) is 3.97. The van der Waals surface area contributed by atoms with E-state index >= 15 is 0 Å². The number of esters is 1. The summed E-state index contributed by atoms with van der Waals surface area (Å²) in [6.45, 7) is 2.97. The Bertz CT molecular complexity index is 190.